The maximum atomic E-state index is 13.1. The molecule has 0 amide bonds. The quantitative estimate of drug-likeness (QED) is 0.531. The van der Waals surface area contributed by atoms with Crippen molar-refractivity contribution in [3.05, 3.63) is 33.6 Å². The van der Waals surface area contributed by atoms with E-state index in [2.05, 4.69) is 4.74 Å². The summed E-state index contributed by atoms with van der Waals surface area (Å²) < 4.78 is 17.7. The Hall–Kier alpha value is -2.16. The highest BCUT2D eigenvalue weighted by molar-refractivity contribution is 5.51. The Kier molecular flexibility index (Phi) is 2.62. The lowest BCUT2D eigenvalue weighted by Crippen LogP contribution is -1.96. The van der Waals surface area contributed by atoms with Crippen LogP contribution >= 0.6 is 0 Å². The number of rotatable bonds is 2. The van der Waals surface area contributed by atoms with Crippen LogP contribution in [-0.4, -0.2) is 12.0 Å². The third-order valence-electron chi connectivity index (χ3n) is 1.56. The molecule has 0 heterocycles. The molecule has 1 aromatic rings. The number of benzene rings is 1. The number of methoxy groups -OCH3 is 1. The molecular formula is C8H5FN2O3. The molecule has 0 aliphatic heterocycles. The van der Waals surface area contributed by atoms with E-state index in [1.54, 1.807) is 6.07 Å². The molecule has 0 unspecified atom stereocenters. The Morgan fingerprint density at radius 2 is 2.29 bits per heavy atom. The van der Waals surface area contributed by atoms with Crippen molar-refractivity contribution >= 4 is 5.69 Å². The Morgan fingerprint density at radius 1 is 1.64 bits per heavy atom. The van der Waals surface area contributed by atoms with Gasteiger partial charge in [-0.2, -0.15) is 5.26 Å². The monoisotopic (exact) mass is 196 g/mol. The molecule has 6 heteroatoms. The predicted octanol–water partition coefficient (Wildman–Crippen LogP) is 1.61. The van der Waals surface area contributed by atoms with Crippen LogP contribution in [0, 0.1) is 27.3 Å². The topological polar surface area (TPSA) is 76.2 Å². The van der Waals surface area contributed by atoms with E-state index in [9.17, 15) is 14.5 Å². The van der Waals surface area contributed by atoms with Crippen LogP contribution in [0.15, 0.2) is 12.1 Å². The zero-order chi connectivity index (χ0) is 10.7. The van der Waals surface area contributed by atoms with E-state index in [1.165, 1.54) is 7.11 Å². The molecule has 0 bridgehead atoms. The Labute approximate surface area is 78.5 Å². The number of nitrogens with zero attached hydrogens (tertiary/aromatic N) is 2. The number of hydrogen-bond acceptors (Lipinski definition) is 4. The van der Waals surface area contributed by atoms with Crippen LogP contribution < -0.4 is 4.74 Å². The summed E-state index contributed by atoms with van der Waals surface area (Å²) in [4.78, 5) is 9.54. The van der Waals surface area contributed by atoms with Gasteiger partial charge in [0, 0.05) is 6.07 Å². The van der Waals surface area contributed by atoms with Gasteiger partial charge in [-0.25, -0.2) is 4.39 Å². The molecule has 5 nitrogen and oxygen atoms in total. The lowest BCUT2D eigenvalue weighted by atomic mass is 10.2. The van der Waals surface area contributed by atoms with Gasteiger partial charge in [0.1, 0.15) is 11.6 Å². The molecule has 0 fully saturated rings. The number of nitro benzene ring substituents is 1. The number of hydrogen-bond donors (Lipinski definition) is 0. The summed E-state index contributed by atoms with van der Waals surface area (Å²) in [6.07, 6.45) is 0. The van der Waals surface area contributed by atoms with Crippen LogP contribution in [0.1, 0.15) is 5.56 Å². The van der Waals surface area contributed by atoms with Crippen molar-refractivity contribution in [3.63, 3.8) is 0 Å². The largest absolute Gasteiger partial charge is 0.492 e. The van der Waals surface area contributed by atoms with Crippen LogP contribution in [0.4, 0.5) is 10.1 Å². The Balaban J connectivity index is 3.41. The third-order valence-corrected chi connectivity index (χ3v) is 1.56. The summed E-state index contributed by atoms with van der Waals surface area (Å²) in [6.45, 7) is 0. The number of non-ortho nitro benzene ring substituents is 1. The molecule has 0 N–H and O–H groups in total. The predicted molar refractivity (Wildman–Crippen MR) is 44.3 cm³/mol. The number of halogens is 1. The van der Waals surface area contributed by atoms with E-state index >= 15 is 0 Å². The number of ether oxygens (including phenoxy) is 1. The first kappa shape index (κ1) is 9.92. The summed E-state index contributed by atoms with van der Waals surface area (Å²) in [6, 6.07) is 3.28. The van der Waals surface area contributed by atoms with E-state index in [-0.39, 0.29) is 11.3 Å². The molecule has 0 radical (unpaired) electrons. The maximum absolute atomic E-state index is 13.1. The van der Waals surface area contributed by atoms with Crippen molar-refractivity contribution in [2.45, 2.75) is 0 Å². The molecule has 0 aliphatic rings. The average molecular weight is 196 g/mol. The van der Waals surface area contributed by atoms with E-state index in [0.29, 0.717) is 6.07 Å². The standard InChI is InChI=1S/C8H5FN2O3/c1-14-8-5(4-10)2-6(11(12)13)3-7(8)9/h2-3H,1H3. The van der Waals surface area contributed by atoms with Gasteiger partial charge in [-0.1, -0.05) is 0 Å². The Bertz CT molecular complexity index is 425. The van der Waals surface area contributed by atoms with Crippen molar-refractivity contribution in [2.75, 3.05) is 7.11 Å². The van der Waals surface area contributed by atoms with Gasteiger partial charge in [0.2, 0.25) is 0 Å². The molecule has 14 heavy (non-hydrogen) atoms. The summed E-state index contributed by atoms with van der Waals surface area (Å²) in [7, 11) is 1.19. The zero-order valence-corrected chi connectivity index (χ0v) is 7.15. The molecule has 0 spiro atoms. The van der Waals surface area contributed by atoms with Gasteiger partial charge in [-0.05, 0) is 0 Å². The summed E-state index contributed by atoms with van der Waals surface area (Å²) in [5.41, 5.74) is -0.668. The van der Waals surface area contributed by atoms with Crippen molar-refractivity contribution in [1.82, 2.24) is 0 Å². The first-order valence-corrected chi connectivity index (χ1v) is 3.52. The van der Waals surface area contributed by atoms with Gasteiger partial charge in [0.25, 0.3) is 5.69 Å². The van der Waals surface area contributed by atoms with Gasteiger partial charge >= 0.3 is 0 Å². The van der Waals surface area contributed by atoms with Crippen molar-refractivity contribution in [2.24, 2.45) is 0 Å². The summed E-state index contributed by atoms with van der Waals surface area (Å²) >= 11 is 0. The van der Waals surface area contributed by atoms with E-state index in [4.69, 9.17) is 5.26 Å². The van der Waals surface area contributed by atoms with Crippen LogP contribution in [-0.2, 0) is 0 Å². The lowest BCUT2D eigenvalue weighted by Gasteiger charge is -2.02. The highest BCUT2D eigenvalue weighted by Gasteiger charge is 2.16. The zero-order valence-electron chi connectivity index (χ0n) is 7.15. The van der Waals surface area contributed by atoms with Crippen LogP contribution in [0.2, 0.25) is 0 Å². The second-order valence-corrected chi connectivity index (χ2v) is 2.38. The smallest absolute Gasteiger partial charge is 0.273 e. The van der Waals surface area contributed by atoms with Crippen LogP contribution in [0.25, 0.3) is 0 Å². The number of nitro groups is 1. The van der Waals surface area contributed by atoms with Gasteiger partial charge in [-0.3, -0.25) is 10.1 Å². The van der Waals surface area contributed by atoms with Gasteiger partial charge in [0.05, 0.1) is 18.1 Å². The second-order valence-electron chi connectivity index (χ2n) is 2.38. The fourth-order valence-corrected chi connectivity index (χ4v) is 0.975. The molecule has 0 aromatic heterocycles. The fourth-order valence-electron chi connectivity index (χ4n) is 0.975. The summed E-state index contributed by atoms with van der Waals surface area (Å²) in [5.74, 6) is -1.20. The molecule has 72 valence electrons. The fraction of sp³-hybridized carbons (Fsp3) is 0.125. The van der Waals surface area contributed by atoms with Gasteiger partial charge in [-0.15, -0.1) is 0 Å². The average Bonchev–Trinajstić information content (AvgIpc) is 2.16. The van der Waals surface area contributed by atoms with Crippen LogP contribution in [0.3, 0.4) is 0 Å². The van der Waals surface area contributed by atoms with Gasteiger partial charge in [0.15, 0.2) is 11.6 Å². The van der Waals surface area contributed by atoms with Crippen LogP contribution in [0.5, 0.6) is 5.75 Å². The highest BCUT2D eigenvalue weighted by atomic mass is 19.1. The molecule has 0 saturated heterocycles. The second kappa shape index (κ2) is 3.70. The minimum Gasteiger partial charge on any atom is -0.492 e. The molecule has 1 aromatic carbocycles. The van der Waals surface area contributed by atoms with Crippen molar-refractivity contribution < 1.29 is 14.1 Å². The molecular weight excluding hydrogens is 191 g/mol. The molecule has 0 aliphatic carbocycles. The third kappa shape index (κ3) is 1.61. The lowest BCUT2D eigenvalue weighted by molar-refractivity contribution is -0.385. The molecule has 1 rings (SSSR count). The van der Waals surface area contributed by atoms with Crippen molar-refractivity contribution in [1.29, 1.82) is 5.26 Å². The van der Waals surface area contributed by atoms with E-state index in [1.807, 2.05) is 0 Å². The van der Waals surface area contributed by atoms with E-state index < -0.39 is 16.4 Å². The van der Waals surface area contributed by atoms with Gasteiger partial charge < -0.3 is 4.74 Å². The first-order chi connectivity index (χ1) is 6.60. The summed E-state index contributed by atoms with van der Waals surface area (Å²) in [5, 5.41) is 18.9. The van der Waals surface area contributed by atoms with E-state index in [0.717, 1.165) is 6.07 Å². The minimum atomic E-state index is -0.918. The van der Waals surface area contributed by atoms with Crippen molar-refractivity contribution in [3.8, 4) is 11.8 Å². The normalized spacial score (nSPS) is 9.21. The molecule has 0 atom stereocenters. The molecule has 0 saturated carbocycles. The maximum Gasteiger partial charge on any atom is 0.273 e. The minimum absolute atomic E-state index is 0.195. The number of nitriles is 1. The highest BCUT2D eigenvalue weighted by Crippen LogP contribution is 2.26. The first-order valence-electron chi connectivity index (χ1n) is 3.52. The SMILES string of the molecule is COc1c(F)cc([N+](=O)[O-])cc1C#N. The Morgan fingerprint density at radius 3 is 2.71 bits per heavy atom.